The number of esters is 1. The highest BCUT2D eigenvalue weighted by Gasteiger charge is 2.18. The van der Waals surface area contributed by atoms with Gasteiger partial charge in [-0.3, -0.25) is 14.9 Å². The minimum atomic E-state index is -3.87. The summed E-state index contributed by atoms with van der Waals surface area (Å²) in [5, 5.41) is 15.2. The number of non-ortho nitro benzene ring substituents is 1. The lowest BCUT2D eigenvalue weighted by atomic mass is 10.2. The molecule has 0 fully saturated rings. The van der Waals surface area contributed by atoms with Gasteiger partial charge >= 0.3 is 5.97 Å². The van der Waals surface area contributed by atoms with E-state index in [1.54, 1.807) is 19.1 Å². The molecule has 0 saturated heterocycles. The van der Waals surface area contributed by atoms with Crippen LogP contribution in [0.1, 0.15) is 20.8 Å². The highest BCUT2D eigenvalue weighted by atomic mass is 32.2. The Morgan fingerprint density at radius 3 is 2.61 bits per heavy atom. The van der Waals surface area contributed by atoms with Crippen molar-refractivity contribution in [1.29, 1.82) is 0 Å². The lowest BCUT2D eigenvalue weighted by Gasteiger charge is -2.10. The normalized spacial score (nSPS) is 11.1. The van der Waals surface area contributed by atoms with Crippen LogP contribution in [0.2, 0.25) is 0 Å². The Bertz CT molecular complexity index is 1290. The molecule has 2 N–H and O–H groups in total. The van der Waals surface area contributed by atoms with Gasteiger partial charge in [0.15, 0.2) is 6.61 Å². The number of carbonyl (C=O) groups is 2. The van der Waals surface area contributed by atoms with E-state index in [0.717, 1.165) is 10.9 Å². The smallest absolute Gasteiger partial charge is 0.338 e. The quantitative estimate of drug-likeness (QED) is 0.267. The second-order valence-corrected chi connectivity index (χ2v) is 9.61. The van der Waals surface area contributed by atoms with Crippen LogP contribution in [0.4, 0.5) is 11.4 Å². The zero-order valence-electron chi connectivity index (χ0n) is 17.3. The fraction of sp³-hybridized carbons (Fsp3) is 0.143. The third kappa shape index (κ3) is 6.44. The van der Waals surface area contributed by atoms with Crippen LogP contribution in [-0.2, 0) is 26.1 Å². The molecule has 33 heavy (non-hydrogen) atoms. The van der Waals surface area contributed by atoms with Gasteiger partial charge in [-0.2, -0.15) is 0 Å². The zero-order valence-corrected chi connectivity index (χ0v) is 18.9. The molecule has 1 amide bonds. The van der Waals surface area contributed by atoms with Crippen molar-refractivity contribution in [2.75, 3.05) is 11.9 Å². The van der Waals surface area contributed by atoms with E-state index in [1.165, 1.54) is 47.7 Å². The summed E-state index contributed by atoms with van der Waals surface area (Å²) in [7, 11) is -3.87. The number of sulfonamides is 1. The van der Waals surface area contributed by atoms with Gasteiger partial charge in [-0.05, 0) is 42.1 Å². The van der Waals surface area contributed by atoms with E-state index in [2.05, 4.69) is 10.0 Å². The molecular formula is C21H19N3O7S2. The summed E-state index contributed by atoms with van der Waals surface area (Å²) in [6.45, 7) is 1.12. The van der Waals surface area contributed by atoms with Gasteiger partial charge in [-0.25, -0.2) is 17.9 Å². The molecule has 172 valence electrons. The molecule has 0 aliphatic carbocycles. The van der Waals surface area contributed by atoms with Crippen LogP contribution < -0.4 is 10.0 Å². The molecule has 0 aliphatic rings. The fourth-order valence-electron chi connectivity index (χ4n) is 2.71. The first kappa shape index (κ1) is 24.0. The number of ether oxygens (including phenoxy) is 1. The molecule has 3 rings (SSSR count). The van der Waals surface area contributed by atoms with Gasteiger partial charge in [0.2, 0.25) is 10.0 Å². The Morgan fingerprint density at radius 1 is 1.12 bits per heavy atom. The number of benzene rings is 2. The number of nitro benzene ring substituents is 1. The van der Waals surface area contributed by atoms with Crippen molar-refractivity contribution in [3.63, 3.8) is 0 Å². The van der Waals surface area contributed by atoms with Crippen molar-refractivity contribution in [2.24, 2.45) is 0 Å². The molecule has 3 aromatic rings. The van der Waals surface area contributed by atoms with E-state index in [9.17, 15) is 28.1 Å². The van der Waals surface area contributed by atoms with Gasteiger partial charge in [0.25, 0.3) is 11.6 Å². The van der Waals surface area contributed by atoms with Gasteiger partial charge in [0.1, 0.15) is 0 Å². The van der Waals surface area contributed by atoms with E-state index in [1.807, 2.05) is 5.38 Å². The molecule has 2 aromatic carbocycles. The fourth-order valence-corrected chi connectivity index (χ4v) is 4.50. The SMILES string of the molecule is Cc1ccc([N+](=O)[O-])cc1NC(=O)COC(=O)c1cccc(S(=O)(=O)NCc2cccs2)c1. The number of nitrogens with zero attached hydrogens (tertiary/aromatic N) is 1. The summed E-state index contributed by atoms with van der Waals surface area (Å²) in [6.07, 6.45) is 0. The van der Waals surface area contributed by atoms with Crippen molar-refractivity contribution in [2.45, 2.75) is 18.4 Å². The monoisotopic (exact) mass is 489 g/mol. The van der Waals surface area contributed by atoms with Crippen LogP contribution in [0.25, 0.3) is 0 Å². The van der Waals surface area contributed by atoms with Gasteiger partial charge < -0.3 is 10.1 Å². The summed E-state index contributed by atoms with van der Waals surface area (Å²) >= 11 is 1.41. The van der Waals surface area contributed by atoms with Crippen LogP contribution in [0.15, 0.2) is 64.9 Å². The van der Waals surface area contributed by atoms with Crippen LogP contribution in [0, 0.1) is 17.0 Å². The highest BCUT2D eigenvalue weighted by Crippen LogP contribution is 2.22. The summed E-state index contributed by atoms with van der Waals surface area (Å²) in [4.78, 5) is 35.5. The van der Waals surface area contributed by atoms with E-state index < -0.39 is 33.4 Å². The van der Waals surface area contributed by atoms with Gasteiger partial charge in [0.05, 0.1) is 21.1 Å². The average molecular weight is 490 g/mol. The van der Waals surface area contributed by atoms with E-state index in [-0.39, 0.29) is 28.4 Å². The second-order valence-electron chi connectivity index (χ2n) is 6.81. The molecule has 1 aromatic heterocycles. The average Bonchev–Trinajstić information content (AvgIpc) is 3.31. The number of nitro groups is 1. The first-order chi connectivity index (χ1) is 15.7. The maximum absolute atomic E-state index is 12.5. The molecule has 0 saturated carbocycles. The van der Waals surface area contributed by atoms with Crippen LogP contribution in [-0.4, -0.2) is 31.8 Å². The standard InChI is InChI=1S/C21H19N3O7S2/c1-14-7-8-16(24(27)28)11-19(14)23-20(25)13-31-21(26)15-4-2-6-18(10-15)33(29,30)22-12-17-5-3-9-32-17/h2-11,22H,12-13H2,1H3,(H,23,25). The van der Waals surface area contributed by atoms with Gasteiger partial charge in [0, 0.05) is 23.6 Å². The minimum absolute atomic E-state index is 0.0478. The Hall–Kier alpha value is -3.61. The van der Waals surface area contributed by atoms with E-state index >= 15 is 0 Å². The van der Waals surface area contributed by atoms with Crippen molar-refractivity contribution >= 4 is 44.6 Å². The predicted molar refractivity (Wildman–Crippen MR) is 122 cm³/mol. The molecule has 10 nitrogen and oxygen atoms in total. The number of amides is 1. The zero-order chi connectivity index (χ0) is 24.0. The van der Waals surface area contributed by atoms with Crippen LogP contribution in [0.5, 0.6) is 0 Å². The third-order valence-corrected chi connectivity index (χ3v) is 6.71. The largest absolute Gasteiger partial charge is 0.452 e. The Labute approximate surface area is 193 Å². The molecular weight excluding hydrogens is 470 g/mol. The molecule has 0 bridgehead atoms. The summed E-state index contributed by atoms with van der Waals surface area (Å²) in [6, 6.07) is 12.8. The number of thiophene rings is 1. The van der Waals surface area contributed by atoms with Gasteiger partial charge in [-0.1, -0.05) is 18.2 Å². The third-order valence-electron chi connectivity index (χ3n) is 4.44. The summed E-state index contributed by atoms with van der Waals surface area (Å²) < 4.78 is 32.4. The highest BCUT2D eigenvalue weighted by molar-refractivity contribution is 7.89. The van der Waals surface area contributed by atoms with Crippen molar-refractivity contribution < 1.29 is 27.7 Å². The van der Waals surface area contributed by atoms with Crippen molar-refractivity contribution in [3.8, 4) is 0 Å². The number of hydrogen-bond acceptors (Lipinski definition) is 8. The number of anilines is 1. The van der Waals surface area contributed by atoms with Crippen molar-refractivity contribution in [1.82, 2.24) is 4.72 Å². The minimum Gasteiger partial charge on any atom is -0.452 e. The predicted octanol–water partition coefficient (Wildman–Crippen LogP) is 3.24. The summed E-state index contributed by atoms with van der Waals surface area (Å²) in [5.41, 5.74) is 0.565. The maximum Gasteiger partial charge on any atom is 0.338 e. The lowest BCUT2D eigenvalue weighted by Crippen LogP contribution is -2.23. The van der Waals surface area contributed by atoms with Crippen LogP contribution in [0.3, 0.4) is 0 Å². The Kier molecular flexibility index (Phi) is 7.53. The Balaban J connectivity index is 1.61. The van der Waals surface area contributed by atoms with Crippen molar-refractivity contribution in [3.05, 3.63) is 86.1 Å². The molecule has 12 heteroatoms. The molecule has 0 unspecified atom stereocenters. The number of rotatable bonds is 9. The first-order valence-corrected chi connectivity index (χ1v) is 11.9. The lowest BCUT2D eigenvalue weighted by molar-refractivity contribution is -0.384. The number of aryl methyl sites for hydroxylation is 1. The number of hydrogen-bond donors (Lipinski definition) is 2. The van der Waals surface area contributed by atoms with Gasteiger partial charge in [-0.15, -0.1) is 11.3 Å². The molecule has 0 radical (unpaired) electrons. The van der Waals surface area contributed by atoms with E-state index in [4.69, 9.17) is 4.74 Å². The first-order valence-electron chi connectivity index (χ1n) is 9.50. The molecule has 0 atom stereocenters. The topological polar surface area (TPSA) is 145 Å². The molecule has 1 heterocycles. The number of carbonyl (C=O) groups excluding carboxylic acids is 2. The van der Waals surface area contributed by atoms with Crippen LogP contribution >= 0.6 is 11.3 Å². The number of nitrogens with one attached hydrogen (secondary N) is 2. The second kappa shape index (κ2) is 10.3. The summed E-state index contributed by atoms with van der Waals surface area (Å²) in [5.74, 6) is -1.59. The molecule has 0 aliphatic heterocycles. The maximum atomic E-state index is 12.5. The van der Waals surface area contributed by atoms with E-state index in [0.29, 0.717) is 5.56 Å². The Morgan fingerprint density at radius 2 is 1.91 bits per heavy atom. The molecule has 0 spiro atoms.